The third-order valence-electron chi connectivity index (χ3n) is 4.29. The Balaban J connectivity index is 1.64. The molecule has 0 aliphatic rings. The highest BCUT2D eigenvalue weighted by Gasteiger charge is 2.14. The van der Waals surface area contributed by atoms with Gasteiger partial charge in [-0.05, 0) is 49.4 Å². The Morgan fingerprint density at radius 3 is 2.62 bits per heavy atom. The van der Waals surface area contributed by atoms with Crippen LogP contribution < -0.4 is 15.8 Å². The number of hydrogen-bond donors (Lipinski definition) is 2. The number of benzene rings is 2. The van der Waals surface area contributed by atoms with Crippen LogP contribution in [0.2, 0.25) is 0 Å². The topological polar surface area (TPSA) is 103 Å². The monoisotopic (exact) mass is 449 g/mol. The van der Waals surface area contributed by atoms with Crippen LogP contribution in [-0.2, 0) is 0 Å². The zero-order valence-electron chi connectivity index (χ0n) is 15.4. The van der Waals surface area contributed by atoms with Gasteiger partial charge < -0.3 is 15.8 Å². The number of halogens is 1. The van der Waals surface area contributed by atoms with Gasteiger partial charge in [-0.25, -0.2) is 4.98 Å². The van der Waals surface area contributed by atoms with Gasteiger partial charge in [-0.2, -0.15) is 4.98 Å². The van der Waals surface area contributed by atoms with Crippen LogP contribution in [0.1, 0.15) is 17.3 Å². The summed E-state index contributed by atoms with van der Waals surface area (Å²) in [6.45, 7) is 1.52. The maximum absolute atomic E-state index is 11.4. The van der Waals surface area contributed by atoms with Crippen molar-refractivity contribution in [2.24, 2.45) is 0 Å². The summed E-state index contributed by atoms with van der Waals surface area (Å²) >= 11 is 3.52. The number of nitrogens with two attached hydrogens (primary N) is 1. The molecule has 0 unspecified atom stereocenters. The van der Waals surface area contributed by atoms with E-state index in [9.17, 15) is 4.79 Å². The van der Waals surface area contributed by atoms with Crippen molar-refractivity contribution in [1.82, 2.24) is 15.0 Å². The molecule has 0 saturated carbocycles. The fourth-order valence-corrected chi connectivity index (χ4v) is 3.24. The molecule has 0 aliphatic carbocycles. The van der Waals surface area contributed by atoms with Crippen LogP contribution in [-0.4, -0.2) is 20.7 Å². The van der Waals surface area contributed by atoms with Crippen molar-refractivity contribution in [3.05, 3.63) is 71.1 Å². The SMILES string of the molecule is CC(=O)c1ccc(Nc2ncnc(Oc3ccc(Br)c4cccnc34)c2N)cc1. The number of anilines is 3. The second-order valence-corrected chi connectivity index (χ2v) is 7.10. The number of ketones is 1. The number of aromatic nitrogens is 3. The lowest BCUT2D eigenvalue weighted by Crippen LogP contribution is -2.03. The molecular weight excluding hydrogens is 434 g/mol. The number of ether oxygens (including phenoxy) is 1. The molecule has 29 heavy (non-hydrogen) atoms. The molecule has 0 saturated heterocycles. The van der Waals surface area contributed by atoms with Crippen molar-refractivity contribution in [3.63, 3.8) is 0 Å². The largest absolute Gasteiger partial charge is 0.435 e. The van der Waals surface area contributed by atoms with Crippen LogP contribution in [0.5, 0.6) is 11.6 Å². The van der Waals surface area contributed by atoms with Crippen LogP contribution in [0, 0.1) is 0 Å². The molecule has 4 rings (SSSR count). The van der Waals surface area contributed by atoms with E-state index in [1.807, 2.05) is 18.2 Å². The molecule has 0 atom stereocenters. The number of hydrogen-bond acceptors (Lipinski definition) is 7. The first kappa shape index (κ1) is 18.8. The van der Waals surface area contributed by atoms with Crippen molar-refractivity contribution in [3.8, 4) is 11.6 Å². The van der Waals surface area contributed by atoms with Crippen LogP contribution >= 0.6 is 15.9 Å². The molecule has 2 heterocycles. The summed E-state index contributed by atoms with van der Waals surface area (Å²) < 4.78 is 6.88. The summed E-state index contributed by atoms with van der Waals surface area (Å²) in [5.74, 6) is 1.16. The van der Waals surface area contributed by atoms with Crippen molar-refractivity contribution >= 4 is 49.8 Å². The van der Waals surface area contributed by atoms with Gasteiger partial charge in [0.15, 0.2) is 17.4 Å². The molecule has 0 spiro atoms. The first-order chi connectivity index (χ1) is 14.0. The lowest BCUT2D eigenvalue weighted by molar-refractivity contribution is 0.101. The van der Waals surface area contributed by atoms with Gasteiger partial charge in [-0.15, -0.1) is 0 Å². The number of nitrogen functional groups attached to an aromatic ring is 1. The van der Waals surface area contributed by atoms with Gasteiger partial charge in [0.2, 0.25) is 5.88 Å². The molecule has 4 aromatic rings. The number of Topliss-reactive ketones (excluding diaryl/α,β-unsaturated/α-hetero) is 1. The van der Waals surface area contributed by atoms with Gasteiger partial charge in [0.1, 0.15) is 17.5 Å². The molecule has 0 aliphatic heterocycles. The van der Waals surface area contributed by atoms with Crippen LogP contribution in [0.25, 0.3) is 10.9 Å². The first-order valence-corrected chi connectivity index (χ1v) is 9.52. The van der Waals surface area contributed by atoms with Crippen molar-refractivity contribution < 1.29 is 9.53 Å². The third-order valence-corrected chi connectivity index (χ3v) is 4.98. The number of pyridine rings is 1. The second-order valence-electron chi connectivity index (χ2n) is 6.25. The van der Waals surface area contributed by atoms with Gasteiger partial charge >= 0.3 is 0 Å². The van der Waals surface area contributed by atoms with Gasteiger partial charge in [-0.1, -0.05) is 22.0 Å². The Morgan fingerprint density at radius 2 is 1.86 bits per heavy atom. The van der Waals surface area contributed by atoms with E-state index < -0.39 is 0 Å². The maximum atomic E-state index is 11.4. The zero-order chi connectivity index (χ0) is 20.4. The van der Waals surface area contributed by atoms with Crippen molar-refractivity contribution in [1.29, 1.82) is 0 Å². The van der Waals surface area contributed by atoms with Gasteiger partial charge in [0, 0.05) is 27.3 Å². The summed E-state index contributed by atoms with van der Waals surface area (Å²) in [5.41, 5.74) is 8.55. The number of nitrogens with one attached hydrogen (secondary N) is 1. The second kappa shape index (κ2) is 7.84. The molecule has 2 aromatic carbocycles. The van der Waals surface area contributed by atoms with E-state index >= 15 is 0 Å². The van der Waals surface area contributed by atoms with E-state index in [2.05, 4.69) is 36.2 Å². The molecule has 0 amide bonds. The lowest BCUT2D eigenvalue weighted by atomic mass is 10.1. The average Bonchev–Trinajstić information content (AvgIpc) is 2.73. The Bertz CT molecular complexity index is 1210. The highest BCUT2D eigenvalue weighted by Crippen LogP contribution is 2.35. The fraction of sp³-hybridized carbons (Fsp3) is 0.0476. The standard InChI is InChI=1S/C21H16BrN5O2/c1-12(28)13-4-6-14(7-5-13)27-20-18(23)21(26-11-25-20)29-17-9-8-16(22)15-3-2-10-24-19(15)17/h2-11H,23H2,1H3,(H,25,26,27). The van der Waals surface area contributed by atoms with E-state index in [-0.39, 0.29) is 17.4 Å². The molecule has 8 heteroatoms. The summed E-state index contributed by atoms with van der Waals surface area (Å²) in [6.07, 6.45) is 3.06. The number of carbonyl (C=O) groups is 1. The summed E-state index contributed by atoms with van der Waals surface area (Å²) in [4.78, 5) is 24.2. The summed E-state index contributed by atoms with van der Waals surface area (Å²) in [7, 11) is 0. The minimum atomic E-state index is 0.00381. The predicted octanol–water partition coefficient (Wildman–Crippen LogP) is 5.11. The normalized spacial score (nSPS) is 10.7. The van der Waals surface area contributed by atoms with Crippen molar-refractivity contribution in [2.45, 2.75) is 6.92 Å². The highest BCUT2D eigenvalue weighted by molar-refractivity contribution is 9.10. The average molecular weight is 450 g/mol. The quantitative estimate of drug-likeness (QED) is 0.408. The number of carbonyl (C=O) groups excluding carboxylic acids is 1. The van der Waals surface area contributed by atoms with Gasteiger partial charge in [0.25, 0.3) is 0 Å². The van der Waals surface area contributed by atoms with Crippen LogP contribution in [0.3, 0.4) is 0 Å². The lowest BCUT2D eigenvalue weighted by Gasteiger charge is -2.13. The Labute approximate surface area is 175 Å². The summed E-state index contributed by atoms with van der Waals surface area (Å²) in [6, 6.07) is 14.5. The highest BCUT2D eigenvalue weighted by atomic mass is 79.9. The molecule has 7 nitrogen and oxygen atoms in total. The molecule has 3 N–H and O–H groups in total. The third kappa shape index (κ3) is 3.88. The summed E-state index contributed by atoms with van der Waals surface area (Å²) in [5, 5.41) is 4.04. The Kier molecular flexibility index (Phi) is 5.09. The smallest absolute Gasteiger partial charge is 0.248 e. The molecular formula is C21H16BrN5O2. The van der Waals surface area contributed by atoms with Gasteiger partial charge in [-0.3, -0.25) is 9.78 Å². The predicted molar refractivity (Wildman–Crippen MR) is 116 cm³/mol. The van der Waals surface area contributed by atoms with E-state index in [1.54, 1.807) is 36.5 Å². The minimum Gasteiger partial charge on any atom is -0.435 e. The number of nitrogens with zero attached hydrogens (tertiary/aromatic N) is 3. The first-order valence-electron chi connectivity index (χ1n) is 8.72. The van der Waals surface area contributed by atoms with E-state index in [4.69, 9.17) is 10.5 Å². The van der Waals surface area contributed by atoms with Crippen LogP contribution in [0.4, 0.5) is 17.2 Å². The molecule has 0 bridgehead atoms. The molecule has 2 aromatic heterocycles. The number of fused-ring (bicyclic) bond motifs is 1. The fourth-order valence-electron chi connectivity index (χ4n) is 2.78. The zero-order valence-corrected chi connectivity index (χ0v) is 17.0. The molecule has 0 fully saturated rings. The molecule has 0 radical (unpaired) electrons. The Morgan fingerprint density at radius 1 is 1.07 bits per heavy atom. The van der Waals surface area contributed by atoms with Gasteiger partial charge in [0.05, 0.1) is 0 Å². The maximum Gasteiger partial charge on any atom is 0.248 e. The van der Waals surface area contributed by atoms with E-state index in [0.29, 0.717) is 22.6 Å². The van der Waals surface area contributed by atoms with Crippen molar-refractivity contribution in [2.75, 3.05) is 11.1 Å². The minimum absolute atomic E-state index is 0.00381. The van der Waals surface area contributed by atoms with Crippen LogP contribution in [0.15, 0.2) is 65.5 Å². The van der Waals surface area contributed by atoms with E-state index in [0.717, 1.165) is 15.5 Å². The number of rotatable bonds is 5. The molecule has 144 valence electrons. The Hall–Kier alpha value is -3.52. The van der Waals surface area contributed by atoms with E-state index in [1.165, 1.54) is 13.3 Å².